The smallest absolute Gasteiger partial charge is 0.217 e. The summed E-state index contributed by atoms with van der Waals surface area (Å²) in [6.45, 7) is 0.181. The second-order valence-electron chi connectivity index (χ2n) is 2.65. The second-order valence-corrected chi connectivity index (χ2v) is 4.18. The van der Waals surface area contributed by atoms with Crippen LogP contribution in [0.4, 0.5) is 0 Å². The van der Waals surface area contributed by atoms with Gasteiger partial charge in [-0.15, -0.1) is 0 Å². The molecule has 1 aromatic rings. The predicted molar refractivity (Wildman–Crippen MR) is 52.7 cm³/mol. The van der Waals surface area contributed by atoms with Crippen molar-refractivity contribution in [2.75, 3.05) is 6.61 Å². The minimum Gasteiger partial charge on any atom is -0.354 e. The van der Waals surface area contributed by atoms with Crippen LogP contribution in [0.3, 0.4) is 0 Å². The molecule has 0 aliphatic carbocycles. The van der Waals surface area contributed by atoms with Gasteiger partial charge in [0.1, 0.15) is 12.0 Å². The van der Waals surface area contributed by atoms with Crippen LogP contribution in [0.2, 0.25) is 5.02 Å². The summed E-state index contributed by atoms with van der Waals surface area (Å²) in [6.07, 6.45) is 0. The minimum absolute atomic E-state index is 0.0601. The van der Waals surface area contributed by atoms with Crippen LogP contribution in [-0.4, -0.2) is 11.7 Å². The maximum absolute atomic E-state index is 10.9. The Bertz CT molecular complexity index is 340. The zero-order valence-corrected chi connectivity index (χ0v) is 8.27. The van der Waals surface area contributed by atoms with Crippen LogP contribution in [0.15, 0.2) is 24.3 Å². The molecule has 13 heavy (non-hydrogen) atoms. The molecule has 0 bridgehead atoms. The molecule has 1 unspecified atom stereocenters. The third kappa shape index (κ3) is 1.88. The third-order valence-corrected chi connectivity index (χ3v) is 3.08. The van der Waals surface area contributed by atoms with E-state index in [9.17, 15) is 4.79 Å². The van der Waals surface area contributed by atoms with Crippen molar-refractivity contribution in [2.45, 2.75) is 5.44 Å². The lowest BCUT2D eigenvalue weighted by atomic mass is 10.2. The number of carbonyl (C=O) groups excluding carboxylic acids is 1. The summed E-state index contributed by atoms with van der Waals surface area (Å²) < 4.78 is 5.26. The van der Waals surface area contributed by atoms with Gasteiger partial charge in [-0.25, -0.2) is 0 Å². The highest BCUT2D eigenvalue weighted by atomic mass is 35.5. The van der Waals surface area contributed by atoms with Crippen molar-refractivity contribution in [2.24, 2.45) is 0 Å². The van der Waals surface area contributed by atoms with E-state index < -0.39 is 0 Å². The van der Waals surface area contributed by atoms with Crippen molar-refractivity contribution in [1.82, 2.24) is 0 Å². The van der Waals surface area contributed by atoms with Crippen molar-refractivity contribution < 1.29 is 9.53 Å². The SMILES string of the molecule is O=C1COC(c2ccccc2Cl)S1. The molecule has 1 heterocycles. The van der Waals surface area contributed by atoms with E-state index >= 15 is 0 Å². The fourth-order valence-electron chi connectivity index (χ4n) is 1.15. The fraction of sp³-hybridized carbons (Fsp3) is 0.222. The van der Waals surface area contributed by atoms with Crippen LogP contribution >= 0.6 is 23.4 Å². The van der Waals surface area contributed by atoms with Gasteiger partial charge in [-0.3, -0.25) is 4.79 Å². The van der Waals surface area contributed by atoms with Gasteiger partial charge < -0.3 is 4.74 Å². The number of carbonyl (C=O) groups is 1. The van der Waals surface area contributed by atoms with Gasteiger partial charge in [-0.1, -0.05) is 29.8 Å². The predicted octanol–water partition coefficient (Wildman–Crippen LogP) is 2.63. The molecule has 4 heteroatoms. The second kappa shape index (κ2) is 3.70. The number of halogens is 1. The molecule has 1 fully saturated rings. The Balaban J connectivity index is 2.26. The van der Waals surface area contributed by atoms with Crippen molar-refractivity contribution in [3.63, 3.8) is 0 Å². The zero-order valence-electron chi connectivity index (χ0n) is 6.70. The monoisotopic (exact) mass is 214 g/mol. The lowest BCUT2D eigenvalue weighted by molar-refractivity contribution is -0.113. The van der Waals surface area contributed by atoms with Gasteiger partial charge in [0.05, 0.1) is 0 Å². The maximum Gasteiger partial charge on any atom is 0.217 e. The Morgan fingerprint density at radius 3 is 2.85 bits per heavy atom. The van der Waals surface area contributed by atoms with Crippen LogP contribution in [0.1, 0.15) is 11.0 Å². The highest BCUT2D eigenvalue weighted by Gasteiger charge is 2.26. The van der Waals surface area contributed by atoms with Crippen LogP contribution < -0.4 is 0 Å². The number of rotatable bonds is 1. The first-order valence-electron chi connectivity index (χ1n) is 3.83. The first-order valence-corrected chi connectivity index (χ1v) is 5.08. The summed E-state index contributed by atoms with van der Waals surface area (Å²) >= 11 is 7.13. The van der Waals surface area contributed by atoms with Gasteiger partial charge in [0.25, 0.3) is 0 Å². The number of ether oxygens (including phenoxy) is 1. The van der Waals surface area contributed by atoms with Crippen molar-refractivity contribution in [3.8, 4) is 0 Å². The van der Waals surface area contributed by atoms with Crippen molar-refractivity contribution >= 4 is 28.5 Å². The highest BCUT2D eigenvalue weighted by Crippen LogP contribution is 2.38. The highest BCUT2D eigenvalue weighted by molar-refractivity contribution is 8.14. The maximum atomic E-state index is 10.9. The molecule has 1 aliphatic heterocycles. The number of hydrogen-bond donors (Lipinski definition) is 0. The number of thioether (sulfide) groups is 1. The van der Waals surface area contributed by atoms with Crippen LogP contribution in [0.5, 0.6) is 0 Å². The standard InChI is InChI=1S/C9H7ClO2S/c10-7-4-2-1-3-6(7)9-12-5-8(11)13-9/h1-4,9H,5H2. The average molecular weight is 215 g/mol. The fourth-order valence-corrected chi connectivity index (χ4v) is 2.29. The number of benzene rings is 1. The molecule has 2 rings (SSSR count). The van der Waals surface area contributed by atoms with E-state index in [0.717, 1.165) is 5.56 Å². The molecule has 68 valence electrons. The van der Waals surface area contributed by atoms with Gasteiger partial charge >= 0.3 is 0 Å². The van der Waals surface area contributed by atoms with Crippen molar-refractivity contribution in [1.29, 1.82) is 0 Å². The molecule has 1 aliphatic rings. The molecule has 0 saturated carbocycles. The summed E-state index contributed by atoms with van der Waals surface area (Å²) in [6, 6.07) is 7.41. The molecule has 1 atom stereocenters. The van der Waals surface area contributed by atoms with E-state index in [4.69, 9.17) is 16.3 Å². The molecule has 0 aromatic heterocycles. The topological polar surface area (TPSA) is 26.3 Å². The van der Waals surface area contributed by atoms with Gasteiger partial charge in [0, 0.05) is 10.6 Å². The Morgan fingerprint density at radius 1 is 1.46 bits per heavy atom. The Labute approximate surface area is 85.2 Å². The largest absolute Gasteiger partial charge is 0.354 e. The van der Waals surface area contributed by atoms with Crippen molar-refractivity contribution in [3.05, 3.63) is 34.9 Å². The molecular weight excluding hydrogens is 208 g/mol. The Morgan fingerprint density at radius 2 is 2.23 bits per heavy atom. The molecule has 0 amide bonds. The van der Waals surface area contributed by atoms with E-state index in [1.165, 1.54) is 11.8 Å². The zero-order chi connectivity index (χ0) is 9.26. The number of hydrogen-bond acceptors (Lipinski definition) is 3. The molecule has 0 spiro atoms. The summed E-state index contributed by atoms with van der Waals surface area (Å²) in [5.74, 6) is 0. The quantitative estimate of drug-likeness (QED) is 0.719. The average Bonchev–Trinajstić information content (AvgIpc) is 2.53. The van der Waals surface area contributed by atoms with Gasteiger partial charge in [-0.05, 0) is 17.8 Å². The van der Waals surface area contributed by atoms with Gasteiger partial charge in [-0.2, -0.15) is 0 Å². The molecule has 0 radical (unpaired) electrons. The molecular formula is C9H7ClO2S. The lowest BCUT2D eigenvalue weighted by Gasteiger charge is -2.08. The molecule has 1 aromatic carbocycles. The van der Waals surface area contributed by atoms with E-state index in [1.54, 1.807) is 6.07 Å². The van der Waals surface area contributed by atoms with Crippen LogP contribution in [0, 0.1) is 0 Å². The Hall–Kier alpha value is -0.510. The normalized spacial score (nSPS) is 22.2. The van der Waals surface area contributed by atoms with E-state index in [2.05, 4.69) is 0 Å². The van der Waals surface area contributed by atoms with Crippen LogP contribution in [0.25, 0.3) is 0 Å². The van der Waals surface area contributed by atoms with Crippen LogP contribution in [-0.2, 0) is 9.53 Å². The van der Waals surface area contributed by atoms with E-state index in [1.807, 2.05) is 18.2 Å². The Kier molecular flexibility index (Phi) is 2.58. The minimum atomic E-state index is -0.221. The summed E-state index contributed by atoms with van der Waals surface area (Å²) in [5.41, 5.74) is 0.654. The van der Waals surface area contributed by atoms with E-state index in [-0.39, 0.29) is 17.2 Å². The summed E-state index contributed by atoms with van der Waals surface area (Å²) in [5, 5.41) is 0.708. The molecule has 1 saturated heterocycles. The van der Waals surface area contributed by atoms with Gasteiger partial charge in [0.15, 0.2) is 0 Å². The molecule has 0 N–H and O–H groups in total. The third-order valence-electron chi connectivity index (χ3n) is 1.75. The first kappa shape index (κ1) is 9.06. The lowest BCUT2D eigenvalue weighted by Crippen LogP contribution is -1.93. The summed E-state index contributed by atoms with van der Waals surface area (Å²) in [7, 11) is 0. The first-order chi connectivity index (χ1) is 6.27. The summed E-state index contributed by atoms with van der Waals surface area (Å²) in [4.78, 5) is 10.9. The molecule has 2 nitrogen and oxygen atoms in total. The van der Waals surface area contributed by atoms with E-state index in [0.29, 0.717) is 5.02 Å². The van der Waals surface area contributed by atoms with Gasteiger partial charge in [0.2, 0.25) is 5.12 Å².